The lowest BCUT2D eigenvalue weighted by molar-refractivity contribution is -0.138. The van der Waals surface area contributed by atoms with Gasteiger partial charge < -0.3 is 15.3 Å². The van der Waals surface area contributed by atoms with E-state index in [0.29, 0.717) is 24.2 Å². The minimum absolute atomic E-state index is 0.250. The SMILES string of the molecule is O=C(CN1C(=O)C2(CCCCC2)c2nc(Cl)ccc21)NCC(F)(F)F.Oc1ccc2[nH]ncc2c1. The molecule has 2 aliphatic rings. The predicted octanol–water partition coefficient (Wildman–Crippen LogP) is 4.23. The third-order valence-electron chi connectivity index (χ3n) is 6.16. The van der Waals surface area contributed by atoms with E-state index in [9.17, 15) is 22.8 Å². The number of H-pyrrole nitrogens is 1. The van der Waals surface area contributed by atoms with Gasteiger partial charge in [0.05, 0.1) is 28.5 Å². The molecular weight excluding hydrogens is 487 g/mol. The first-order valence-corrected chi connectivity index (χ1v) is 11.4. The highest BCUT2D eigenvalue weighted by molar-refractivity contribution is 6.29. The fourth-order valence-electron chi connectivity index (χ4n) is 4.56. The van der Waals surface area contributed by atoms with Crippen LogP contribution in [-0.4, -0.2) is 51.4 Å². The zero-order valence-corrected chi connectivity index (χ0v) is 19.3. The fraction of sp³-hybridized carbons (Fsp3) is 0.391. The molecule has 2 amide bonds. The van der Waals surface area contributed by atoms with E-state index in [1.165, 1.54) is 11.0 Å². The molecule has 1 aliphatic heterocycles. The molecule has 1 spiro atoms. The van der Waals surface area contributed by atoms with Crippen LogP contribution in [0.15, 0.2) is 36.5 Å². The van der Waals surface area contributed by atoms with Gasteiger partial charge in [0.25, 0.3) is 0 Å². The number of hydrogen-bond donors (Lipinski definition) is 3. The molecule has 1 aromatic carbocycles. The van der Waals surface area contributed by atoms with Crippen LogP contribution in [0.5, 0.6) is 5.75 Å². The van der Waals surface area contributed by atoms with Gasteiger partial charge in [0.2, 0.25) is 11.8 Å². The van der Waals surface area contributed by atoms with Gasteiger partial charge in [-0.05, 0) is 43.2 Å². The van der Waals surface area contributed by atoms with Crippen LogP contribution in [0.3, 0.4) is 0 Å². The first kappa shape index (κ1) is 24.8. The van der Waals surface area contributed by atoms with Crippen LogP contribution >= 0.6 is 11.6 Å². The Bertz CT molecular complexity index is 1240. The van der Waals surface area contributed by atoms with Gasteiger partial charge >= 0.3 is 6.18 Å². The molecule has 8 nitrogen and oxygen atoms in total. The van der Waals surface area contributed by atoms with Gasteiger partial charge in [-0.2, -0.15) is 18.3 Å². The number of pyridine rings is 1. The molecular formula is C23H23ClF3N5O3. The number of halogens is 4. The number of nitrogens with one attached hydrogen (secondary N) is 2. The summed E-state index contributed by atoms with van der Waals surface area (Å²) in [6.07, 6.45) is 1.11. The molecule has 0 unspecified atom stereocenters. The van der Waals surface area contributed by atoms with E-state index < -0.39 is 30.6 Å². The Balaban J connectivity index is 0.000000239. The molecule has 3 aromatic rings. The number of carbonyl (C=O) groups is 2. The van der Waals surface area contributed by atoms with Gasteiger partial charge in [-0.15, -0.1) is 0 Å². The van der Waals surface area contributed by atoms with E-state index in [4.69, 9.17) is 16.7 Å². The van der Waals surface area contributed by atoms with Crippen molar-refractivity contribution >= 4 is 40.0 Å². The molecule has 0 bridgehead atoms. The predicted molar refractivity (Wildman–Crippen MR) is 123 cm³/mol. The van der Waals surface area contributed by atoms with Crippen LogP contribution in [0.2, 0.25) is 5.15 Å². The van der Waals surface area contributed by atoms with Gasteiger partial charge in [0.1, 0.15) is 24.0 Å². The second-order valence-electron chi connectivity index (χ2n) is 8.57. The highest BCUT2D eigenvalue weighted by Gasteiger charge is 2.52. The zero-order valence-electron chi connectivity index (χ0n) is 18.5. The number of phenols is 1. The van der Waals surface area contributed by atoms with Crippen LogP contribution in [0.4, 0.5) is 18.9 Å². The maximum absolute atomic E-state index is 13.0. The summed E-state index contributed by atoms with van der Waals surface area (Å²) in [5.74, 6) is -0.868. The van der Waals surface area contributed by atoms with Gasteiger partial charge in [0, 0.05) is 5.39 Å². The van der Waals surface area contributed by atoms with Crippen molar-refractivity contribution in [3.05, 3.63) is 47.4 Å². The number of aromatic hydroxyl groups is 1. The molecule has 186 valence electrons. The summed E-state index contributed by atoms with van der Waals surface area (Å²) in [5.41, 5.74) is 1.12. The number of fused-ring (bicyclic) bond motifs is 3. The standard InChI is InChI=1S/C16H17ClF3N3O2.C7H6N2O/c17-11-5-4-10-13(22-11)15(6-2-1-3-7-15)14(25)23(10)8-12(24)21-9-16(18,19)20;10-6-1-2-7-5(3-6)4-8-9-7/h4-5H,1-3,6-9H2,(H,21,24);1-4,10H,(H,8,9). The highest BCUT2D eigenvalue weighted by Crippen LogP contribution is 2.49. The lowest BCUT2D eigenvalue weighted by Gasteiger charge is -2.31. The van der Waals surface area contributed by atoms with Crippen molar-refractivity contribution in [2.45, 2.75) is 43.7 Å². The van der Waals surface area contributed by atoms with Crippen LogP contribution < -0.4 is 10.2 Å². The van der Waals surface area contributed by atoms with Crippen molar-refractivity contribution in [3.63, 3.8) is 0 Å². The molecule has 0 radical (unpaired) electrons. The molecule has 12 heteroatoms. The van der Waals surface area contributed by atoms with Gasteiger partial charge in [-0.3, -0.25) is 14.7 Å². The number of rotatable bonds is 3. The van der Waals surface area contributed by atoms with Gasteiger partial charge in [0.15, 0.2) is 0 Å². The van der Waals surface area contributed by atoms with Crippen LogP contribution in [0.25, 0.3) is 10.9 Å². The summed E-state index contributed by atoms with van der Waals surface area (Å²) in [6.45, 7) is -1.89. The number of nitrogens with zero attached hydrogens (tertiary/aromatic N) is 3. The minimum Gasteiger partial charge on any atom is -0.508 e. The quantitative estimate of drug-likeness (QED) is 0.458. The molecule has 0 atom stereocenters. The molecule has 3 heterocycles. The number of carbonyl (C=O) groups excluding carboxylic acids is 2. The van der Waals surface area contributed by atoms with Gasteiger partial charge in [-0.25, -0.2) is 4.98 Å². The number of amides is 2. The second kappa shape index (κ2) is 9.73. The summed E-state index contributed by atoms with van der Waals surface area (Å²) < 4.78 is 36.8. The smallest absolute Gasteiger partial charge is 0.405 e. The molecule has 1 aliphatic carbocycles. The Labute approximate surface area is 203 Å². The molecule has 1 saturated carbocycles. The van der Waals surface area contributed by atoms with Crippen molar-refractivity contribution < 1.29 is 27.9 Å². The van der Waals surface area contributed by atoms with Crippen molar-refractivity contribution in [3.8, 4) is 5.75 Å². The Kier molecular flexibility index (Phi) is 6.88. The number of aromatic nitrogens is 3. The summed E-state index contributed by atoms with van der Waals surface area (Å²) in [7, 11) is 0. The molecule has 2 aromatic heterocycles. The number of hydrogen-bond acceptors (Lipinski definition) is 5. The van der Waals surface area contributed by atoms with Crippen LogP contribution in [-0.2, 0) is 15.0 Å². The first-order chi connectivity index (χ1) is 16.6. The first-order valence-electron chi connectivity index (χ1n) is 11.0. The average Bonchev–Trinajstić information content (AvgIpc) is 3.36. The van der Waals surface area contributed by atoms with E-state index >= 15 is 0 Å². The topological polar surface area (TPSA) is 111 Å². The maximum atomic E-state index is 13.0. The Hall–Kier alpha value is -3.34. The lowest BCUT2D eigenvalue weighted by Crippen LogP contribution is -2.46. The van der Waals surface area contributed by atoms with Crippen molar-refractivity contribution in [1.29, 1.82) is 0 Å². The van der Waals surface area contributed by atoms with Crippen molar-refractivity contribution in [2.75, 3.05) is 18.0 Å². The maximum Gasteiger partial charge on any atom is 0.405 e. The molecule has 1 fully saturated rings. The minimum atomic E-state index is -4.50. The Morgan fingerprint density at radius 1 is 1.20 bits per heavy atom. The number of phenolic OH excluding ortho intramolecular Hbond substituents is 1. The zero-order chi connectivity index (χ0) is 25.2. The van der Waals surface area contributed by atoms with E-state index in [0.717, 1.165) is 30.2 Å². The lowest BCUT2D eigenvalue weighted by atomic mass is 9.72. The van der Waals surface area contributed by atoms with Crippen molar-refractivity contribution in [2.24, 2.45) is 0 Å². The van der Waals surface area contributed by atoms with Crippen LogP contribution in [0, 0.1) is 0 Å². The Morgan fingerprint density at radius 3 is 2.66 bits per heavy atom. The van der Waals surface area contributed by atoms with Crippen LogP contribution in [0.1, 0.15) is 37.8 Å². The average molecular weight is 510 g/mol. The molecule has 5 rings (SSSR count). The fourth-order valence-corrected chi connectivity index (χ4v) is 4.71. The molecule has 0 saturated heterocycles. The van der Waals surface area contributed by atoms with Gasteiger partial charge in [-0.1, -0.05) is 30.9 Å². The number of aromatic amines is 1. The van der Waals surface area contributed by atoms with E-state index in [1.807, 2.05) is 0 Å². The largest absolute Gasteiger partial charge is 0.508 e. The van der Waals surface area contributed by atoms with E-state index in [-0.39, 0.29) is 16.8 Å². The number of alkyl halides is 3. The highest BCUT2D eigenvalue weighted by atomic mass is 35.5. The third kappa shape index (κ3) is 5.34. The summed E-state index contributed by atoms with van der Waals surface area (Å²) in [5, 5.41) is 18.6. The molecule has 3 N–H and O–H groups in total. The monoisotopic (exact) mass is 509 g/mol. The molecule has 35 heavy (non-hydrogen) atoms. The summed E-state index contributed by atoms with van der Waals surface area (Å²) in [4.78, 5) is 30.5. The number of benzene rings is 1. The normalized spacial score (nSPS) is 16.7. The van der Waals surface area contributed by atoms with E-state index in [2.05, 4.69) is 15.2 Å². The number of anilines is 1. The Morgan fingerprint density at radius 2 is 1.94 bits per heavy atom. The van der Waals surface area contributed by atoms with E-state index in [1.54, 1.807) is 35.8 Å². The third-order valence-corrected chi connectivity index (χ3v) is 6.37. The van der Waals surface area contributed by atoms with Crippen molar-refractivity contribution in [1.82, 2.24) is 20.5 Å². The second-order valence-corrected chi connectivity index (χ2v) is 8.96. The summed E-state index contributed by atoms with van der Waals surface area (Å²) >= 11 is 5.98. The summed E-state index contributed by atoms with van der Waals surface area (Å²) in [6, 6.07) is 8.19.